The van der Waals surface area contributed by atoms with E-state index in [0.29, 0.717) is 18.0 Å². The van der Waals surface area contributed by atoms with Crippen LogP contribution in [0, 0.1) is 5.92 Å². The highest BCUT2D eigenvalue weighted by atomic mass is 127. The fraction of sp³-hybridized carbons (Fsp3) is 0.950. The molecule has 0 aromatic carbocycles. The number of halogens is 1. The minimum Gasteiger partial charge on any atom is -0.357 e. The van der Waals surface area contributed by atoms with E-state index >= 15 is 0 Å². The summed E-state index contributed by atoms with van der Waals surface area (Å²) in [5.41, 5.74) is 0. The van der Waals surface area contributed by atoms with Crippen LogP contribution < -0.4 is 10.6 Å². The Morgan fingerprint density at radius 2 is 1.77 bits per heavy atom. The predicted molar refractivity (Wildman–Crippen MR) is 126 cm³/mol. The Kier molecular flexibility index (Phi) is 14.9. The van der Waals surface area contributed by atoms with E-state index < -0.39 is 0 Å². The average molecular weight is 482 g/mol. The van der Waals surface area contributed by atoms with E-state index in [1.54, 1.807) is 0 Å². The number of likely N-dealkylation sites (tertiary alicyclic amines) is 1. The van der Waals surface area contributed by atoms with Gasteiger partial charge >= 0.3 is 0 Å². The van der Waals surface area contributed by atoms with Crippen molar-refractivity contribution in [2.24, 2.45) is 10.9 Å². The molecule has 0 aromatic heterocycles. The number of hydrogen-bond donors (Lipinski definition) is 2. The van der Waals surface area contributed by atoms with Crippen LogP contribution in [0.2, 0.25) is 0 Å². The Morgan fingerprint density at radius 3 is 2.35 bits per heavy atom. The van der Waals surface area contributed by atoms with Gasteiger partial charge in [0.05, 0.1) is 0 Å². The van der Waals surface area contributed by atoms with Crippen LogP contribution >= 0.6 is 24.0 Å². The minimum absolute atomic E-state index is 0. The number of rotatable bonds is 11. The molecule has 0 amide bonds. The van der Waals surface area contributed by atoms with Crippen molar-refractivity contribution < 1.29 is 0 Å². The molecule has 1 aliphatic heterocycles. The Hall–Kier alpha value is -0.0800. The van der Waals surface area contributed by atoms with E-state index in [1.807, 2.05) is 0 Å². The molecule has 6 heteroatoms. The standard InChI is InChI=1S/C20H43N5.HI/c1-7-21-20(22-13-11-9-8-10-12-14-24(5)6)23-19-16-25(17(2)3)15-18(19)4;/h17-19H,7-16H2,1-6H3,(H2,21,22,23);1H. The molecule has 0 saturated carbocycles. The highest BCUT2D eigenvalue weighted by Crippen LogP contribution is 2.18. The summed E-state index contributed by atoms with van der Waals surface area (Å²) in [6.45, 7) is 14.4. The van der Waals surface area contributed by atoms with Crippen LogP contribution in [0.5, 0.6) is 0 Å². The van der Waals surface area contributed by atoms with Crippen molar-refractivity contribution in [2.75, 3.05) is 46.8 Å². The number of aliphatic imine (C=N–C) groups is 1. The summed E-state index contributed by atoms with van der Waals surface area (Å²) in [5.74, 6) is 1.67. The third kappa shape index (κ3) is 10.9. The van der Waals surface area contributed by atoms with Gasteiger partial charge in [-0.1, -0.05) is 26.2 Å². The monoisotopic (exact) mass is 481 g/mol. The molecular weight excluding hydrogens is 437 g/mol. The van der Waals surface area contributed by atoms with Crippen LogP contribution in [-0.2, 0) is 0 Å². The molecule has 1 aliphatic rings. The minimum atomic E-state index is 0. The highest BCUT2D eigenvalue weighted by Gasteiger charge is 2.31. The molecule has 1 rings (SSSR count). The molecule has 0 bridgehead atoms. The quantitative estimate of drug-likeness (QED) is 0.206. The molecule has 26 heavy (non-hydrogen) atoms. The van der Waals surface area contributed by atoms with E-state index in [2.05, 4.69) is 62.2 Å². The van der Waals surface area contributed by atoms with E-state index in [-0.39, 0.29) is 24.0 Å². The second-order valence-electron chi connectivity index (χ2n) is 8.11. The van der Waals surface area contributed by atoms with Crippen molar-refractivity contribution >= 4 is 29.9 Å². The third-order valence-corrected chi connectivity index (χ3v) is 5.07. The van der Waals surface area contributed by atoms with Crippen LogP contribution in [0.1, 0.15) is 59.8 Å². The van der Waals surface area contributed by atoms with Crippen LogP contribution in [0.15, 0.2) is 4.99 Å². The van der Waals surface area contributed by atoms with Crippen LogP contribution in [0.25, 0.3) is 0 Å². The van der Waals surface area contributed by atoms with Crippen molar-refractivity contribution in [3.63, 3.8) is 0 Å². The van der Waals surface area contributed by atoms with Gasteiger partial charge in [0, 0.05) is 38.3 Å². The maximum atomic E-state index is 4.79. The molecule has 1 fully saturated rings. The van der Waals surface area contributed by atoms with Gasteiger partial charge in [0.1, 0.15) is 0 Å². The van der Waals surface area contributed by atoms with Gasteiger partial charge in [-0.15, -0.1) is 24.0 Å². The molecule has 0 spiro atoms. The summed E-state index contributed by atoms with van der Waals surface area (Å²) >= 11 is 0. The second kappa shape index (κ2) is 14.9. The van der Waals surface area contributed by atoms with Crippen molar-refractivity contribution in [3.8, 4) is 0 Å². The fourth-order valence-electron chi connectivity index (χ4n) is 3.37. The van der Waals surface area contributed by atoms with Crippen LogP contribution in [0.3, 0.4) is 0 Å². The summed E-state index contributed by atoms with van der Waals surface area (Å²) in [7, 11) is 4.30. The van der Waals surface area contributed by atoms with Crippen LogP contribution in [-0.4, -0.2) is 74.7 Å². The first-order valence-corrected chi connectivity index (χ1v) is 10.4. The van der Waals surface area contributed by atoms with Gasteiger partial charge < -0.3 is 15.5 Å². The van der Waals surface area contributed by atoms with E-state index in [4.69, 9.17) is 4.99 Å². The van der Waals surface area contributed by atoms with Gasteiger partial charge in [-0.25, -0.2) is 0 Å². The molecule has 2 unspecified atom stereocenters. The van der Waals surface area contributed by atoms with Crippen molar-refractivity contribution in [2.45, 2.75) is 71.9 Å². The number of unbranched alkanes of at least 4 members (excludes halogenated alkanes) is 4. The summed E-state index contributed by atoms with van der Waals surface area (Å²) in [6, 6.07) is 1.13. The normalized spacial score (nSPS) is 21.3. The molecule has 2 N–H and O–H groups in total. The fourth-order valence-corrected chi connectivity index (χ4v) is 3.37. The van der Waals surface area contributed by atoms with Gasteiger partial charge in [0.25, 0.3) is 0 Å². The molecule has 5 nitrogen and oxygen atoms in total. The summed E-state index contributed by atoms with van der Waals surface area (Å²) in [4.78, 5) is 9.62. The van der Waals surface area contributed by atoms with Crippen molar-refractivity contribution in [1.29, 1.82) is 0 Å². The third-order valence-electron chi connectivity index (χ3n) is 5.07. The molecule has 0 radical (unpaired) electrons. The molecule has 0 aromatic rings. The highest BCUT2D eigenvalue weighted by molar-refractivity contribution is 14.0. The lowest BCUT2D eigenvalue weighted by Gasteiger charge is -2.22. The first kappa shape index (κ1) is 25.9. The van der Waals surface area contributed by atoms with E-state index in [1.165, 1.54) is 45.2 Å². The number of hydrogen-bond acceptors (Lipinski definition) is 3. The maximum absolute atomic E-state index is 4.79. The first-order valence-electron chi connectivity index (χ1n) is 10.4. The lowest BCUT2D eigenvalue weighted by Crippen LogP contribution is -2.46. The summed E-state index contributed by atoms with van der Waals surface area (Å²) < 4.78 is 0. The van der Waals surface area contributed by atoms with Gasteiger partial charge in [-0.2, -0.15) is 0 Å². The topological polar surface area (TPSA) is 42.9 Å². The lowest BCUT2D eigenvalue weighted by molar-refractivity contribution is 0.265. The Labute approximate surface area is 179 Å². The molecule has 0 aliphatic carbocycles. The number of guanidine groups is 1. The number of nitrogens with one attached hydrogen (secondary N) is 2. The zero-order valence-electron chi connectivity index (χ0n) is 18.1. The summed E-state index contributed by atoms with van der Waals surface area (Å²) in [6.07, 6.45) is 6.46. The van der Waals surface area contributed by atoms with Crippen LogP contribution in [0.4, 0.5) is 0 Å². The molecule has 156 valence electrons. The molecule has 1 heterocycles. The van der Waals surface area contributed by atoms with Gasteiger partial charge in [-0.05, 0) is 60.2 Å². The van der Waals surface area contributed by atoms with Crippen molar-refractivity contribution in [3.05, 3.63) is 0 Å². The smallest absolute Gasteiger partial charge is 0.191 e. The average Bonchev–Trinajstić information content (AvgIpc) is 2.91. The number of nitrogens with zero attached hydrogens (tertiary/aromatic N) is 3. The zero-order valence-corrected chi connectivity index (χ0v) is 20.4. The maximum Gasteiger partial charge on any atom is 0.191 e. The molecule has 1 saturated heterocycles. The lowest BCUT2D eigenvalue weighted by atomic mass is 10.1. The second-order valence-corrected chi connectivity index (χ2v) is 8.11. The van der Waals surface area contributed by atoms with E-state index in [0.717, 1.165) is 25.6 Å². The van der Waals surface area contributed by atoms with Gasteiger partial charge in [0.15, 0.2) is 5.96 Å². The molecular formula is C20H44IN5. The largest absolute Gasteiger partial charge is 0.357 e. The summed E-state index contributed by atoms with van der Waals surface area (Å²) in [5, 5.41) is 7.08. The Balaban J connectivity index is 0.00000625. The first-order chi connectivity index (χ1) is 11.9. The van der Waals surface area contributed by atoms with Gasteiger partial charge in [-0.3, -0.25) is 9.89 Å². The zero-order chi connectivity index (χ0) is 18.7. The predicted octanol–water partition coefficient (Wildman–Crippen LogP) is 3.40. The Morgan fingerprint density at radius 1 is 1.12 bits per heavy atom. The van der Waals surface area contributed by atoms with Crippen molar-refractivity contribution in [1.82, 2.24) is 20.4 Å². The van der Waals surface area contributed by atoms with E-state index in [9.17, 15) is 0 Å². The Bertz CT molecular complexity index is 373. The molecule has 2 atom stereocenters. The SMILES string of the molecule is CCNC(=NCCCCCCCN(C)C)NC1CN(C(C)C)CC1C.I. The van der Waals surface area contributed by atoms with Gasteiger partial charge in [0.2, 0.25) is 0 Å².